The number of piperidine rings is 1. The summed E-state index contributed by atoms with van der Waals surface area (Å²) < 4.78 is 0. The van der Waals surface area contributed by atoms with Gasteiger partial charge in [-0.1, -0.05) is 6.92 Å². The van der Waals surface area contributed by atoms with Crippen LogP contribution in [0.5, 0.6) is 0 Å². The molecule has 1 aliphatic rings. The van der Waals surface area contributed by atoms with Crippen LogP contribution < -0.4 is 0 Å². The molecule has 0 aromatic carbocycles. The van der Waals surface area contributed by atoms with E-state index in [9.17, 15) is 9.59 Å². The molecule has 1 fully saturated rings. The Bertz CT molecular complexity index is 518. The van der Waals surface area contributed by atoms with Crippen molar-refractivity contribution in [3.05, 3.63) is 15.6 Å². The third-order valence-corrected chi connectivity index (χ3v) is 5.08. The first-order valence-electron chi connectivity index (χ1n) is 6.86. The van der Waals surface area contributed by atoms with E-state index in [1.54, 1.807) is 6.92 Å². The largest absolute Gasteiger partial charge is 0.481 e. The minimum absolute atomic E-state index is 0.0366. The molecule has 1 unspecified atom stereocenters. The molecule has 1 aromatic rings. The smallest absolute Gasteiger partial charge is 0.306 e. The van der Waals surface area contributed by atoms with Crippen LogP contribution in [-0.4, -0.2) is 40.0 Å². The fraction of sp³-hybridized carbons (Fsp3) is 0.643. The van der Waals surface area contributed by atoms with E-state index in [1.165, 1.54) is 11.3 Å². The zero-order valence-corrected chi connectivity index (χ0v) is 12.9. The lowest BCUT2D eigenvalue weighted by Gasteiger charge is -2.33. The van der Waals surface area contributed by atoms with Gasteiger partial charge in [0.25, 0.3) is 5.91 Å². The lowest BCUT2D eigenvalue weighted by Crippen LogP contribution is -2.40. The summed E-state index contributed by atoms with van der Waals surface area (Å²) in [6.07, 6.45) is 1.52. The summed E-state index contributed by atoms with van der Waals surface area (Å²) in [5.74, 6) is -0.876. The molecule has 1 saturated heterocycles. The molecule has 1 aromatic heterocycles. The number of amides is 1. The second kappa shape index (κ2) is 5.91. The summed E-state index contributed by atoms with van der Waals surface area (Å²) >= 11 is 1.43. The third kappa shape index (κ3) is 3.00. The van der Waals surface area contributed by atoms with Crippen LogP contribution in [0.2, 0.25) is 0 Å². The first kappa shape index (κ1) is 15.0. The van der Waals surface area contributed by atoms with Crippen LogP contribution in [0.15, 0.2) is 0 Å². The number of hydrogen-bond acceptors (Lipinski definition) is 4. The van der Waals surface area contributed by atoms with Gasteiger partial charge in [-0.25, -0.2) is 4.98 Å². The number of carbonyl (C=O) groups excluding carboxylic acids is 1. The molecule has 0 radical (unpaired) electrons. The van der Waals surface area contributed by atoms with Crippen molar-refractivity contribution in [2.75, 3.05) is 13.1 Å². The van der Waals surface area contributed by atoms with Crippen LogP contribution in [0, 0.1) is 25.7 Å². The van der Waals surface area contributed by atoms with Crippen LogP contribution in [-0.2, 0) is 4.79 Å². The van der Waals surface area contributed by atoms with E-state index in [0.29, 0.717) is 18.0 Å². The van der Waals surface area contributed by atoms with E-state index in [0.717, 1.165) is 23.5 Å². The Morgan fingerprint density at radius 2 is 1.95 bits per heavy atom. The number of hydrogen-bond donors (Lipinski definition) is 1. The number of nitrogens with zero attached hydrogens (tertiary/aromatic N) is 2. The van der Waals surface area contributed by atoms with Crippen LogP contribution in [0.25, 0.3) is 0 Å². The zero-order chi connectivity index (χ0) is 14.9. The van der Waals surface area contributed by atoms with Gasteiger partial charge < -0.3 is 10.0 Å². The van der Waals surface area contributed by atoms with E-state index in [4.69, 9.17) is 5.11 Å². The van der Waals surface area contributed by atoms with E-state index in [-0.39, 0.29) is 17.7 Å². The molecule has 6 heteroatoms. The van der Waals surface area contributed by atoms with Crippen molar-refractivity contribution in [2.45, 2.75) is 33.6 Å². The Balaban J connectivity index is 1.99. The first-order valence-corrected chi connectivity index (χ1v) is 7.68. The topological polar surface area (TPSA) is 70.5 Å². The molecule has 1 amide bonds. The monoisotopic (exact) mass is 296 g/mol. The number of rotatable bonds is 3. The average molecular weight is 296 g/mol. The highest BCUT2D eigenvalue weighted by Gasteiger charge is 2.30. The summed E-state index contributed by atoms with van der Waals surface area (Å²) in [5.41, 5.74) is 0.790. The van der Waals surface area contributed by atoms with E-state index >= 15 is 0 Å². The van der Waals surface area contributed by atoms with Gasteiger partial charge in [-0.2, -0.15) is 0 Å². The molecule has 0 saturated carbocycles. The summed E-state index contributed by atoms with van der Waals surface area (Å²) in [4.78, 5) is 30.2. The van der Waals surface area contributed by atoms with E-state index in [2.05, 4.69) is 4.98 Å². The van der Waals surface area contributed by atoms with Crippen LogP contribution in [0.4, 0.5) is 0 Å². The number of carboxylic acid groups (broad SMARTS) is 1. The van der Waals surface area contributed by atoms with Crippen molar-refractivity contribution in [2.24, 2.45) is 11.8 Å². The van der Waals surface area contributed by atoms with E-state index < -0.39 is 5.97 Å². The zero-order valence-electron chi connectivity index (χ0n) is 12.0. The molecule has 2 heterocycles. The number of aryl methyl sites for hydroxylation is 2. The van der Waals surface area contributed by atoms with Gasteiger partial charge >= 0.3 is 5.97 Å². The van der Waals surface area contributed by atoms with Crippen molar-refractivity contribution < 1.29 is 14.7 Å². The van der Waals surface area contributed by atoms with Crippen molar-refractivity contribution in [3.63, 3.8) is 0 Å². The Morgan fingerprint density at radius 1 is 1.35 bits per heavy atom. The van der Waals surface area contributed by atoms with Gasteiger partial charge in [-0.05, 0) is 32.6 Å². The normalized spacial score (nSPS) is 18.1. The van der Waals surface area contributed by atoms with Gasteiger partial charge in [0.15, 0.2) is 0 Å². The highest BCUT2D eigenvalue weighted by molar-refractivity contribution is 7.13. The maximum Gasteiger partial charge on any atom is 0.306 e. The second-order valence-corrected chi connectivity index (χ2v) is 6.61. The number of carboxylic acids is 1. The van der Waals surface area contributed by atoms with Crippen molar-refractivity contribution >= 4 is 23.2 Å². The van der Waals surface area contributed by atoms with Crippen molar-refractivity contribution in [1.29, 1.82) is 0 Å². The molecular formula is C14H20N2O3S. The Morgan fingerprint density at radius 3 is 2.40 bits per heavy atom. The molecule has 1 atom stereocenters. The fourth-order valence-corrected chi connectivity index (χ4v) is 3.57. The predicted molar refractivity (Wildman–Crippen MR) is 77.0 cm³/mol. The summed E-state index contributed by atoms with van der Waals surface area (Å²) in [5, 5.41) is 9.94. The summed E-state index contributed by atoms with van der Waals surface area (Å²) in [7, 11) is 0. The van der Waals surface area contributed by atoms with Gasteiger partial charge in [0.05, 0.1) is 16.6 Å². The lowest BCUT2D eigenvalue weighted by atomic mass is 9.85. The average Bonchev–Trinajstić information content (AvgIpc) is 2.76. The third-order valence-electron chi connectivity index (χ3n) is 4.02. The highest BCUT2D eigenvalue weighted by Crippen LogP contribution is 2.27. The fourth-order valence-electron chi connectivity index (χ4n) is 2.68. The second-order valence-electron chi connectivity index (χ2n) is 5.40. The summed E-state index contributed by atoms with van der Waals surface area (Å²) in [6.45, 7) is 6.78. The van der Waals surface area contributed by atoms with Crippen LogP contribution in [0.1, 0.15) is 40.1 Å². The minimum Gasteiger partial charge on any atom is -0.481 e. The van der Waals surface area contributed by atoms with Gasteiger partial charge in [-0.3, -0.25) is 9.59 Å². The van der Waals surface area contributed by atoms with Gasteiger partial charge in [0.1, 0.15) is 4.88 Å². The number of aromatic nitrogens is 1. The molecule has 0 aliphatic carbocycles. The minimum atomic E-state index is -0.747. The van der Waals surface area contributed by atoms with Gasteiger partial charge in [0, 0.05) is 13.1 Å². The molecule has 1 aliphatic heterocycles. The Kier molecular flexibility index (Phi) is 4.42. The predicted octanol–water partition coefficient (Wildman–Crippen LogP) is 2.33. The Hall–Kier alpha value is -1.43. The van der Waals surface area contributed by atoms with E-state index in [1.807, 2.05) is 18.7 Å². The van der Waals surface area contributed by atoms with Gasteiger partial charge in [0.2, 0.25) is 0 Å². The maximum atomic E-state index is 12.4. The number of likely N-dealkylation sites (tertiary alicyclic amines) is 1. The first-order chi connectivity index (χ1) is 9.40. The molecule has 110 valence electrons. The highest BCUT2D eigenvalue weighted by atomic mass is 32.1. The van der Waals surface area contributed by atoms with Crippen molar-refractivity contribution in [3.8, 4) is 0 Å². The molecule has 0 bridgehead atoms. The van der Waals surface area contributed by atoms with Crippen LogP contribution >= 0.6 is 11.3 Å². The molecule has 20 heavy (non-hydrogen) atoms. The lowest BCUT2D eigenvalue weighted by molar-refractivity contribution is -0.143. The quantitative estimate of drug-likeness (QED) is 0.929. The standard InChI is InChI=1S/C14H20N2O3S/c1-8(14(18)19)11-4-6-16(7-5-11)13(17)12-9(2)15-10(3)20-12/h8,11H,4-7H2,1-3H3,(H,18,19). The molecule has 5 nitrogen and oxygen atoms in total. The van der Waals surface area contributed by atoms with Crippen molar-refractivity contribution in [1.82, 2.24) is 9.88 Å². The molecule has 0 spiro atoms. The Labute approximate surface area is 122 Å². The number of carbonyl (C=O) groups is 2. The van der Waals surface area contributed by atoms with Crippen LogP contribution in [0.3, 0.4) is 0 Å². The number of thiazole rings is 1. The molecular weight excluding hydrogens is 276 g/mol. The number of aliphatic carboxylic acids is 1. The maximum absolute atomic E-state index is 12.4. The molecule has 2 rings (SSSR count). The summed E-state index contributed by atoms with van der Waals surface area (Å²) in [6, 6.07) is 0. The molecule has 1 N–H and O–H groups in total. The van der Waals surface area contributed by atoms with Gasteiger partial charge in [-0.15, -0.1) is 11.3 Å². The SMILES string of the molecule is Cc1nc(C)c(C(=O)N2CCC(C(C)C(=O)O)CC2)s1.